The van der Waals surface area contributed by atoms with E-state index in [4.69, 9.17) is 5.11 Å². The summed E-state index contributed by atoms with van der Waals surface area (Å²) in [5, 5.41) is 8.85. The largest absolute Gasteiger partial charge is 0.480 e. The molecule has 1 N–H and O–H groups in total. The van der Waals surface area contributed by atoms with Crippen LogP contribution in [0.3, 0.4) is 0 Å². The number of halogens is 1. The summed E-state index contributed by atoms with van der Waals surface area (Å²) in [6.07, 6.45) is 0.194. The Hall–Kier alpha value is -1.91. The van der Waals surface area contributed by atoms with Crippen molar-refractivity contribution in [1.29, 1.82) is 0 Å². The van der Waals surface area contributed by atoms with Gasteiger partial charge in [-0.05, 0) is 30.5 Å². The van der Waals surface area contributed by atoms with Gasteiger partial charge in [0.15, 0.2) is 0 Å². The number of nitrogens with zero attached hydrogens (tertiary/aromatic N) is 1. The second kappa shape index (κ2) is 6.31. The van der Waals surface area contributed by atoms with Crippen LogP contribution < -0.4 is 0 Å². The van der Waals surface area contributed by atoms with Crippen LogP contribution in [0.2, 0.25) is 0 Å². The summed E-state index contributed by atoms with van der Waals surface area (Å²) in [7, 11) is 1.47. The second-order valence-corrected chi connectivity index (χ2v) is 4.68. The molecule has 0 bridgehead atoms. The predicted octanol–water partition coefficient (Wildman–Crippen LogP) is 2.25. The number of carbonyl (C=O) groups excluding carboxylic acids is 1. The molecule has 0 aromatic heterocycles. The quantitative estimate of drug-likeness (QED) is 0.890. The van der Waals surface area contributed by atoms with Gasteiger partial charge in [0.1, 0.15) is 11.9 Å². The highest BCUT2D eigenvalue weighted by molar-refractivity contribution is 5.83. The van der Waals surface area contributed by atoms with Crippen molar-refractivity contribution in [2.75, 3.05) is 7.05 Å². The topological polar surface area (TPSA) is 57.6 Å². The zero-order valence-electron chi connectivity index (χ0n) is 11.3. The highest BCUT2D eigenvalue weighted by atomic mass is 19.1. The van der Waals surface area contributed by atoms with Gasteiger partial charge in [-0.2, -0.15) is 0 Å². The summed E-state index contributed by atoms with van der Waals surface area (Å²) < 4.78 is 12.8. The molecule has 2 atom stereocenters. The van der Waals surface area contributed by atoms with E-state index in [0.29, 0.717) is 0 Å². The lowest BCUT2D eigenvalue weighted by atomic mass is 9.97. The van der Waals surface area contributed by atoms with Crippen LogP contribution in [0.5, 0.6) is 0 Å². The molecule has 0 spiro atoms. The van der Waals surface area contributed by atoms with Gasteiger partial charge >= 0.3 is 5.97 Å². The molecule has 0 aliphatic carbocycles. The van der Waals surface area contributed by atoms with Gasteiger partial charge in [-0.25, -0.2) is 9.18 Å². The minimum Gasteiger partial charge on any atom is -0.480 e. The van der Waals surface area contributed by atoms with Gasteiger partial charge in [-0.3, -0.25) is 4.79 Å². The van der Waals surface area contributed by atoms with E-state index in [9.17, 15) is 14.0 Å². The Balaban J connectivity index is 2.66. The maximum absolute atomic E-state index is 12.8. The molecular weight excluding hydrogens is 249 g/mol. The van der Waals surface area contributed by atoms with Crippen LogP contribution in [0, 0.1) is 5.82 Å². The zero-order valence-corrected chi connectivity index (χ0v) is 11.3. The number of benzene rings is 1. The lowest BCUT2D eigenvalue weighted by molar-refractivity contribution is -0.148. The molecule has 2 unspecified atom stereocenters. The number of carbonyl (C=O) groups is 2. The monoisotopic (exact) mass is 267 g/mol. The number of aliphatic carboxylic acids is 1. The molecular formula is C14H18FNO3. The molecule has 0 radical (unpaired) electrons. The number of carboxylic acid groups (broad SMARTS) is 1. The molecule has 1 aromatic rings. The van der Waals surface area contributed by atoms with Crippen molar-refractivity contribution in [2.24, 2.45) is 0 Å². The van der Waals surface area contributed by atoms with Gasteiger partial charge in [0.2, 0.25) is 5.91 Å². The average molecular weight is 267 g/mol. The number of rotatable bonds is 5. The van der Waals surface area contributed by atoms with E-state index in [0.717, 1.165) is 5.56 Å². The predicted molar refractivity (Wildman–Crippen MR) is 69.3 cm³/mol. The number of carboxylic acids is 1. The molecule has 104 valence electrons. The average Bonchev–Trinajstić information content (AvgIpc) is 2.37. The summed E-state index contributed by atoms with van der Waals surface area (Å²) in [6.45, 7) is 3.31. The van der Waals surface area contributed by atoms with E-state index in [-0.39, 0.29) is 24.1 Å². The Labute approximate surface area is 111 Å². The molecule has 5 heteroatoms. The molecule has 0 heterocycles. The van der Waals surface area contributed by atoms with E-state index in [1.54, 1.807) is 12.1 Å². The van der Waals surface area contributed by atoms with Crippen molar-refractivity contribution in [3.63, 3.8) is 0 Å². The van der Waals surface area contributed by atoms with Crippen molar-refractivity contribution in [2.45, 2.75) is 32.2 Å². The Morgan fingerprint density at radius 3 is 2.26 bits per heavy atom. The third kappa shape index (κ3) is 4.05. The smallest absolute Gasteiger partial charge is 0.326 e. The van der Waals surface area contributed by atoms with Crippen molar-refractivity contribution in [3.05, 3.63) is 35.6 Å². The van der Waals surface area contributed by atoms with E-state index in [1.807, 2.05) is 6.92 Å². The first-order valence-electron chi connectivity index (χ1n) is 6.07. The Morgan fingerprint density at radius 2 is 1.79 bits per heavy atom. The highest BCUT2D eigenvalue weighted by Gasteiger charge is 2.23. The van der Waals surface area contributed by atoms with Gasteiger partial charge in [0.05, 0.1) is 0 Å². The zero-order chi connectivity index (χ0) is 14.6. The molecule has 19 heavy (non-hydrogen) atoms. The van der Waals surface area contributed by atoms with Crippen LogP contribution in [0.1, 0.15) is 31.7 Å². The number of amides is 1. The van der Waals surface area contributed by atoms with E-state index < -0.39 is 12.0 Å². The van der Waals surface area contributed by atoms with Gasteiger partial charge < -0.3 is 10.0 Å². The van der Waals surface area contributed by atoms with Crippen LogP contribution in [-0.4, -0.2) is 35.0 Å². The Morgan fingerprint density at radius 1 is 1.26 bits per heavy atom. The van der Waals surface area contributed by atoms with Crippen molar-refractivity contribution in [3.8, 4) is 0 Å². The minimum atomic E-state index is -1.04. The van der Waals surface area contributed by atoms with Gasteiger partial charge in [0, 0.05) is 13.5 Å². The molecule has 0 fully saturated rings. The van der Waals surface area contributed by atoms with Crippen LogP contribution in [0.15, 0.2) is 24.3 Å². The molecule has 0 aliphatic heterocycles. The van der Waals surface area contributed by atoms with Crippen LogP contribution in [0.4, 0.5) is 4.39 Å². The molecule has 1 amide bonds. The van der Waals surface area contributed by atoms with Crippen molar-refractivity contribution in [1.82, 2.24) is 4.90 Å². The summed E-state index contributed by atoms with van der Waals surface area (Å²) in [5.74, 6) is -1.69. The van der Waals surface area contributed by atoms with Crippen molar-refractivity contribution >= 4 is 11.9 Å². The first-order valence-corrected chi connectivity index (χ1v) is 6.07. The van der Waals surface area contributed by atoms with E-state index in [1.165, 1.54) is 31.0 Å². The summed E-state index contributed by atoms with van der Waals surface area (Å²) in [6, 6.07) is 5.11. The normalized spacial score (nSPS) is 13.7. The first-order chi connectivity index (χ1) is 8.82. The third-order valence-electron chi connectivity index (χ3n) is 3.25. The minimum absolute atomic E-state index is 0.0865. The second-order valence-electron chi connectivity index (χ2n) is 4.68. The highest BCUT2D eigenvalue weighted by Crippen LogP contribution is 2.20. The fourth-order valence-electron chi connectivity index (χ4n) is 1.70. The van der Waals surface area contributed by atoms with E-state index in [2.05, 4.69) is 0 Å². The lowest BCUT2D eigenvalue weighted by Crippen LogP contribution is -2.40. The molecule has 1 aromatic carbocycles. The number of likely N-dealkylation sites (N-methyl/N-ethyl adjacent to an activating group) is 1. The maximum Gasteiger partial charge on any atom is 0.326 e. The molecule has 0 saturated heterocycles. The van der Waals surface area contributed by atoms with Gasteiger partial charge in [0.25, 0.3) is 0 Å². The molecule has 4 nitrogen and oxygen atoms in total. The standard InChI is InChI=1S/C14H18FNO3/c1-9(11-4-6-12(15)7-5-11)8-13(17)16(3)10(2)14(18)19/h4-7,9-10H,8H2,1-3H3,(H,18,19). The number of hydrogen-bond donors (Lipinski definition) is 1. The summed E-state index contributed by atoms with van der Waals surface area (Å²) in [5.41, 5.74) is 0.853. The van der Waals surface area contributed by atoms with Crippen LogP contribution >= 0.6 is 0 Å². The van der Waals surface area contributed by atoms with Crippen molar-refractivity contribution < 1.29 is 19.1 Å². The van der Waals surface area contributed by atoms with Crippen LogP contribution in [-0.2, 0) is 9.59 Å². The first kappa shape index (κ1) is 15.1. The fourth-order valence-corrected chi connectivity index (χ4v) is 1.70. The van der Waals surface area contributed by atoms with Gasteiger partial charge in [-0.1, -0.05) is 19.1 Å². The van der Waals surface area contributed by atoms with E-state index >= 15 is 0 Å². The fraction of sp³-hybridized carbons (Fsp3) is 0.429. The molecule has 0 saturated carbocycles. The summed E-state index contributed by atoms with van der Waals surface area (Å²) in [4.78, 5) is 23.9. The third-order valence-corrected chi connectivity index (χ3v) is 3.25. The van der Waals surface area contributed by atoms with Crippen LogP contribution in [0.25, 0.3) is 0 Å². The summed E-state index contributed by atoms with van der Waals surface area (Å²) >= 11 is 0. The Bertz CT molecular complexity index is 458. The SMILES string of the molecule is CC(CC(=O)N(C)C(C)C(=O)O)c1ccc(F)cc1. The lowest BCUT2D eigenvalue weighted by Gasteiger charge is -2.23. The number of hydrogen-bond acceptors (Lipinski definition) is 2. The Kier molecular flexibility index (Phi) is 5.03. The molecule has 0 aliphatic rings. The maximum atomic E-state index is 12.8. The van der Waals surface area contributed by atoms with Gasteiger partial charge in [-0.15, -0.1) is 0 Å². The molecule has 1 rings (SSSR count).